The van der Waals surface area contributed by atoms with Gasteiger partial charge in [-0.1, -0.05) is 81.4 Å². The minimum absolute atomic E-state index is 0.105. The number of hydrogen-bond donors (Lipinski definition) is 4. The number of rotatable bonds is 13. The van der Waals surface area contributed by atoms with E-state index in [0.717, 1.165) is 16.7 Å². The Morgan fingerprint density at radius 2 is 1.24 bits per heavy atom. The molecule has 0 spiro atoms. The average Bonchev–Trinajstić information content (AvgIpc) is 2.87. The normalized spacial score (nSPS) is 12.9. The number of aliphatic hydroxyl groups is 1. The maximum Gasteiger partial charge on any atom is 0.409 e. The maximum absolute atomic E-state index is 13.3. The van der Waals surface area contributed by atoms with Gasteiger partial charge >= 0.3 is 10.3 Å². The fourth-order valence-electron chi connectivity index (χ4n) is 4.79. The second-order valence-corrected chi connectivity index (χ2v) is 13.7. The topological polar surface area (TPSA) is 148 Å². The van der Waals surface area contributed by atoms with Crippen molar-refractivity contribution in [2.45, 2.75) is 111 Å². The third kappa shape index (κ3) is 9.02. The van der Waals surface area contributed by atoms with Crippen molar-refractivity contribution in [3.8, 4) is 5.75 Å². The molecule has 2 aromatic rings. The molecule has 0 saturated heterocycles. The van der Waals surface area contributed by atoms with Crippen molar-refractivity contribution in [2.75, 3.05) is 11.9 Å². The molecule has 5 N–H and O–H groups in total. The minimum Gasteiger partial charge on any atom is -0.394 e. The number of hydrogen-bond acceptors (Lipinski definition) is 7. The van der Waals surface area contributed by atoms with Crippen molar-refractivity contribution < 1.29 is 27.3 Å². The first-order chi connectivity index (χ1) is 19.4. The van der Waals surface area contributed by atoms with E-state index in [4.69, 9.17) is 9.92 Å². The predicted octanol–water partition coefficient (Wildman–Crippen LogP) is 5.54. The number of benzene rings is 2. The van der Waals surface area contributed by atoms with Crippen LogP contribution >= 0.6 is 0 Å². The summed E-state index contributed by atoms with van der Waals surface area (Å²) in [6.07, 6.45) is -0.105. The Morgan fingerprint density at radius 3 is 1.62 bits per heavy atom. The smallest absolute Gasteiger partial charge is 0.394 e. The number of carbonyl (C=O) groups is 2. The van der Waals surface area contributed by atoms with Crippen LogP contribution in [0.15, 0.2) is 24.3 Å². The monoisotopic (exact) mass is 603 g/mol. The van der Waals surface area contributed by atoms with Gasteiger partial charge in [-0.25, -0.2) is 4.72 Å². The zero-order valence-electron chi connectivity index (χ0n) is 26.7. The summed E-state index contributed by atoms with van der Waals surface area (Å²) in [6, 6.07) is 6.37. The lowest BCUT2D eigenvalue weighted by Crippen LogP contribution is -2.38. The van der Waals surface area contributed by atoms with Gasteiger partial charge in [-0.05, 0) is 64.0 Å². The molecule has 0 aliphatic carbocycles. The van der Waals surface area contributed by atoms with Gasteiger partial charge in [0.2, 0.25) is 11.8 Å². The molecule has 9 nitrogen and oxygen atoms in total. The van der Waals surface area contributed by atoms with E-state index in [1.807, 2.05) is 27.7 Å². The molecule has 10 heteroatoms. The summed E-state index contributed by atoms with van der Waals surface area (Å²) in [4.78, 5) is 25.5. The van der Waals surface area contributed by atoms with Gasteiger partial charge in [0, 0.05) is 16.8 Å². The van der Waals surface area contributed by atoms with Crippen molar-refractivity contribution in [3.05, 3.63) is 57.6 Å². The SMILES string of the molecule is CC(C)c1cc(C(C)C)c(CC(=O)NS(=O)(=O)Oc2c(C(C)C)cc(NC(=O)[C@@H](N)CO)cc2C(C)C)c(C(C)C)c1. The molecule has 0 aliphatic rings. The van der Waals surface area contributed by atoms with Crippen LogP contribution in [0.5, 0.6) is 5.75 Å². The lowest BCUT2D eigenvalue weighted by molar-refractivity contribution is -0.119. The Bertz CT molecular complexity index is 1320. The molecule has 2 amide bonds. The average molecular weight is 604 g/mol. The number of amides is 2. The van der Waals surface area contributed by atoms with E-state index in [-0.39, 0.29) is 35.8 Å². The summed E-state index contributed by atoms with van der Waals surface area (Å²) >= 11 is 0. The lowest BCUT2D eigenvalue weighted by Gasteiger charge is -2.23. The highest BCUT2D eigenvalue weighted by Crippen LogP contribution is 2.38. The molecule has 0 radical (unpaired) electrons. The summed E-state index contributed by atoms with van der Waals surface area (Å²) in [5.41, 5.74) is 11.2. The van der Waals surface area contributed by atoms with Crippen LogP contribution in [0.3, 0.4) is 0 Å². The summed E-state index contributed by atoms with van der Waals surface area (Å²) in [7, 11) is -4.55. The molecule has 1 atom stereocenters. The highest BCUT2D eigenvalue weighted by molar-refractivity contribution is 7.85. The van der Waals surface area contributed by atoms with Gasteiger partial charge in [-0.3, -0.25) is 9.59 Å². The second kappa shape index (κ2) is 14.5. The first-order valence-electron chi connectivity index (χ1n) is 14.6. The van der Waals surface area contributed by atoms with Crippen LogP contribution in [0, 0.1) is 0 Å². The number of nitrogens with one attached hydrogen (secondary N) is 2. The van der Waals surface area contributed by atoms with Crippen LogP contribution in [-0.2, 0) is 26.3 Å². The van der Waals surface area contributed by atoms with Crippen molar-refractivity contribution >= 4 is 27.8 Å². The molecule has 2 rings (SSSR count). The van der Waals surface area contributed by atoms with Gasteiger partial charge in [0.1, 0.15) is 6.04 Å². The number of anilines is 1. The van der Waals surface area contributed by atoms with Crippen LogP contribution < -0.4 is 20.0 Å². The van der Waals surface area contributed by atoms with E-state index < -0.39 is 34.8 Å². The molecule has 42 heavy (non-hydrogen) atoms. The highest BCUT2D eigenvalue weighted by Gasteiger charge is 2.27. The van der Waals surface area contributed by atoms with E-state index in [0.29, 0.717) is 22.7 Å². The molecule has 0 bridgehead atoms. The van der Waals surface area contributed by atoms with Gasteiger partial charge in [0.15, 0.2) is 5.75 Å². The van der Waals surface area contributed by atoms with Gasteiger partial charge in [0.25, 0.3) is 0 Å². The third-order valence-corrected chi connectivity index (χ3v) is 8.08. The molecule has 0 fully saturated rings. The zero-order valence-corrected chi connectivity index (χ0v) is 27.5. The Hall–Kier alpha value is -2.95. The van der Waals surface area contributed by atoms with Crippen LogP contribution in [0.2, 0.25) is 0 Å². The van der Waals surface area contributed by atoms with Crippen molar-refractivity contribution in [1.29, 1.82) is 0 Å². The number of aliphatic hydroxyl groups excluding tert-OH is 1. The molecule has 2 aromatic carbocycles. The molecule has 0 aliphatic heterocycles. The molecule has 0 aromatic heterocycles. The molecular weight excluding hydrogens is 554 g/mol. The Kier molecular flexibility index (Phi) is 12.2. The molecule has 0 unspecified atom stereocenters. The largest absolute Gasteiger partial charge is 0.409 e. The summed E-state index contributed by atoms with van der Waals surface area (Å²) < 4.78 is 34.2. The van der Waals surface area contributed by atoms with Crippen LogP contribution in [0.25, 0.3) is 0 Å². The van der Waals surface area contributed by atoms with E-state index in [9.17, 15) is 23.1 Å². The van der Waals surface area contributed by atoms with Gasteiger partial charge in [-0.2, -0.15) is 8.42 Å². The molecule has 0 saturated carbocycles. The van der Waals surface area contributed by atoms with Gasteiger partial charge < -0.3 is 20.3 Å². The number of carbonyl (C=O) groups excluding carboxylic acids is 2. The summed E-state index contributed by atoms with van der Waals surface area (Å²) in [6.45, 7) is 19.5. The fraction of sp³-hybridized carbons (Fsp3) is 0.562. The van der Waals surface area contributed by atoms with Crippen LogP contribution in [0.4, 0.5) is 5.69 Å². The Morgan fingerprint density at radius 1 is 0.786 bits per heavy atom. The quantitative estimate of drug-likeness (QED) is 0.235. The van der Waals surface area contributed by atoms with Crippen molar-refractivity contribution in [2.24, 2.45) is 5.73 Å². The van der Waals surface area contributed by atoms with Gasteiger partial charge in [-0.15, -0.1) is 0 Å². The Balaban J connectivity index is 2.46. The standard InChI is InChI=1S/C32H49N3O6S/c1-17(2)22-11-24(18(3)4)28(25(12-22)19(5)6)15-30(37)35-42(39,40)41-31-26(20(7)8)13-23(14-27(31)21(9)10)34-32(38)29(33)16-36/h11-14,17-21,29,36H,15-16,33H2,1-10H3,(H,34,38)(H,35,37)/t29-/m0/s1. The first kappa shape index (κ1) is 35.2. The predicted molar refractivity (Wildman–Crippen MR) is 168 cm³/mol. The second-order valence-electron chi connectivity index (χ2n) is 12.5. The Labute approximate surface area is 251 Å². The summed E-state index contributed by atoms with van der Waals surface area (Å²) in [5.74, 6) is -0.921. The van der Waals surface area contributed by atoms with E-state index >= 15 is 0 Å². The van der Waals surface area contributed by atoms with E-state index in [1.165, 1.54) is 5.56 Å². The van der Waals surface area contributed by atoms with Crippen LogP contribution in [-0.4, -0.2) is 38.0 Å². The van der Waals surface area contributed by atoms with E-state index in [1.54, 1.807) is 12.1 Å². The minimum atomic E-state index is -4.55. The van der Waals surface area contributed by atoms with Gasteiger partial charge in [0.05, 0.1) is 13.0 Å². The summed E-state index contributed by atoms with van der Waals surface area (Å²) in [5, 5.41) is 11.9. The number of nitrogens with two attached hydrogens (primary N) is 1. The molecule has 0 heterocycles. The zero-order chi connectivity index (χ0) is 32.1. The van der Waals surface area contributed by atoms with Crippen molar-refractivity contribution in [3.63, 3.8) is 0 Å². The molecular formula is C32H49N3O6S. The highest BCUT2D eigenvalue weighted by atomic mass is 32.2. The third-order valence-electron chi connectivity index (χ3n) is 7.21. The maximum atomic E-state index is 13.3. The first-order valence-corrected chi connectivity index (χ1v) is 16.1. The fourth-order valence-corrected chi connectivity index (χ4v) is 5.60. The van der Waals surface area contributed by atoms with Crippen molar-refractivity contribution in [1.82, 2.24) is 4.72 Å². The molecule has 234 valence electrons. The van der Waals surface area contributed by atoms with Crippen LogP contribution in [0.1, 0.15) is 132 Å². The lowest BCUT2D eigenvalue weighted by atomic mass is 9.83. The van der Waals surface area contributed by atoms with E-state index in [2.05, 4.69) is 63.7 Å².